The number of carbonyl (C=O) groups excluding carboxylic acids is 1. The minimum absolute atomic E-state index is 0.341. The van der Waals surface area contributed by atoms with Crippen molar-refractivity contribution in [1.82, 2.24) is 20.3 Å². The molecule has 0 aliphatic carbocycles. The lowest BCUT2D eigenvalue weighted by atomic mass is 9.80. The lowest BCUT2D eigenvalue weighted by Gasteiger charge is -2.36. The Labute approximate surface area is 205 Å². The molecule has 2 amide bonds. The van der Waals surface area contributed by atoms with E-state index in [4.69, 9.17) is 0 Å². The molecule has 3 aromatic rings. The van der Waals surface area contributed by atoms with Crippen LogP contribution in [0, 0.1) is 5.41 Å². The summed E-state index contributed by atoms with van der Waals surface area (Å²) in [4.78, 5) is 39.0. The Morgan fingerprint density at radius 2 is 1.89 bits per heavy atom. The Hall–Kier alpha value is -3.80. The largest absolute Gasteiger partial charge is 0.481 e. The number of hydrogen-bond acceptors (Lipinski definition) is 9. The standard InChI is InChI=1S/C23H27N7O4S/c1-4-24-21(33)28-22-27-17-10-14(9-16(13(2)29-34)18(17)35-22)15-11-25-20(26-12-15)30-7-5-23(3,6-8-30)19(31)32/h9-12,34H,4-8H2,1-3H3,(H,31,32)(H2,24,27,28,33)/b29-13+. The SMILES string of the molecule is CCNC(=O)Nc1nc2cc(-c3cnc(N4CCC(C)(C(=O)O)CC4)nc3)cc(/C(C)=N/O)c2s1. The first-order chi connectivity index (χ1) is 16.7. The summed E-state index contributed by atoms with van der Waals surface area (Å²) >= 11 is 1.29. The molecule has 4 rings (SSSR count). The zero-order valence-corrected chi connectivity index (χ0v) is 20.5. The maximum absolute atomic E-state index is 11.9. The highest BCUT2D eigenvalue weighted by molar-refractivity contribution is 7.22. The molecule has 1 aromatic carbocycles. The van der Waals surface area contributed by atoms with Crippen LogP contribution in [0.3, 0.4) is 0 Å². The summed E-state index contributed by atoms with van der Waals surface area (Å²) in [6, 6.07) is 3.41. The first kappa shape index (κ1) is 24.3. The second-order valence-corrected chi connectivity index (χ2v) is 9.68. The van der Waals surface area contributed by atoms with E-state index in [1.807, 2.05) is 24.0 Å². The number of urea groups is 1. The number of hydrogen-bond donors (Lipinski definition) is 4. The van der Waals surface area contributed by atoms with Gasteiger partial charge in [0.05, 0.1) is 21.3 Å². The first-order valence-corrected chi connectivity index (χ1v) is 12.0. The molecule has 0 spiro atoms. The second-order valence-electron chi connectivity index (χ2n) is 8.69. The molecular weight excluding hydrogens is 470 g/mol. The van der Waals surface area contributed by atoms with Gasteiger partial charge in [0.2, 0.25) is 5.95 Å². The van der Waals surface area contributed by atoms with E-state index in [1.165, 1.54) is 11.3 Å². The molecule has 184 valence electrons. The van der Waals surface area contributed by atoms with E-state index >= 15 is 0 Å². The van der Waals surface area contributed by atoms with Crippen LogP contribution in [0.4, 0.5) is 15.9 Å². The summed E-state index contributed by atoms with van der Waals surface area (Å²) in [5.74, 6) is -0.217. The van der Waals surface area contributed by atoms with Gasteiger partial charge < -0.3 is 20.5 Å². The van der Waals surface area contributed by atoms with Crippen LogP contribution in [0.2, 0.25) is 0 Å². The lowest BCUT2D eigenvalue weighted by Crippen LogP contribution is -2.43. The van der Waals surface area contributed by atoms with Gasteiger partial charge in [-0.1, -0.05) is 16.5 Å². The van der Waals surface area contributed by atoms with Gasteiger partial charge in [0.25, 0.3) is 0 Å². The minimum Gasteiger partial charge on any atom is -0.481 e. The van der Waals surface area contributed by atoms with Gasteiger partial charge in [-0.2, -0.15) is 0 Å². The van der Waals surface area contributed by atoms with Crippen molar-refractivity contribution in [2.45, 2.75) is 33.6 Å². The number of piperidine rings is 1. The Morgan fingerprint density at radius 3 is 2.49 bits per heavy atom. The van der Waals surface area contributed by atoms with Crippen LogP contribution < -0.4 is 15.5 Å². The van der Waals surface area contributed by atoms with Gasteiger partial charge >= 0.3 is 12.0 Å². The van der Waals surface area contributed by atoms with Gasteiger partial charge in [-0.25, -0.2) is 19.7 Å². The number of aromatic nitrogens is 3. The van der Waals surface area contributed by atoms with Gasteiger partial charge in [0.1, 0.15) is 0 Å². The number of nitrogens with zero attached hydrogens (tertiary/aromatic N) is 5. The predicted molar refractivity (Wildman–Crippen MR) is 135 cm³/mol. The number of oxime groups is 1. The zero-order valence-electron chi connectivity index (χ0n) is 19.7. The molecule has 1 aliphatic rings. The number of carbonyl (C=O) groups is 2. The molecule has 0 saturated carbocycles. The molecule has 0 unspecified atom stereocenters. The van der Waals surface area contributed by atoms with E-state index in [0.717, 1.165) is 15.8 Å². The third kappa shape index (κ3) is 5.02. The lowest BCUT2D eigenvalue weighted by molar-refractivity contribution is -0.149. The number of aliphatic carboxylic acids is 1. The number of thiazole rings is 1. The number of carboxylic acid groups (broad SMARTS) is 1. The minimum atomic E-state index is -0.771. The number of carboxylic acids is 1. The monoisotopic (exact) mass is 497 g/mol. The molecule has 2 aromatic heterocycles. The second kappa shape index (κ2) is 9.82. The van der Waals surface area contributed by atoms with Crippen molar-refractivity contribution in [3.8, 4) is 11.1 Å². The maximum atomic E-state index is 11.9. The molecule has 1 saturated heterocycles. The summed E-state index contributed by atoms with van der Waals surface area (Å²) in [5, 5.41) is 28.0. The average Bonchev–Trinajstić information content (AvgIpc) is 3.25. The van der Waals surface area contributed by atoms with Gasteiger partial charge in [0, 0.05) is 43.2 Å². The molecule has 4 N–H and O–H groups in total. The van der Waals surface area contributed by atoms with Crippen molar-refractivity contribution < 1.29 is 19.9 Å². The molecule has 12 heteroatoms. The van der Waals surface area contributed by atoms with Crippen LogP contribution in [0.1, 0.15) is 39.2 Å². The highest BCUT2D eigenvalue weighted by Gasteiger charge is 2.37. The molecule has 11 nitrogen and oxygen atoms in total. The number of rotatable bonds is 6. The van der Waals surface area contributed by atoms with E-state index in [-0.39, 0.29) is 6.03 Å². The van der Waals surface area contributed by atoms with Crippen LogP contribution in [-0.4, -0.2) is 62.6 Å². The topological polar surface area (TPSA) is 153 Å². The van der Waals surface area contributed by atoms with E-state index < -0.39 is 11.4 Å². The van der Waals surface area contributed by atoms with E-state index in [0.29, 0.717) is 60.3 Å². The summed E-state index contributed by atoms with van der Waals surface area (Å²) in [6.07, 6.45) is 4.49. The first-order valence-electron chi connectivity index (χ1n) is 11.2. The van der Waals surface area contributed by atoms with Crippen molar-refractivity contribution >= 4 is 50.3 Å². The van der Waals surface area contributed by atoms with Crippen molar-refractivity contribution in [3.05, 3.63) is 30.1 Å². The van der Waals surface area contributed by atoms with Gasteiger partial charge in [-0.15, -0.1) is 0 Å². The third-order valence-corrected chi connectivity index (χ3v) is 7.25. The zero-order chi connectivity index (χ0) is 25.2. The van der Waals surface area contributed by atoms with Crippen molar-refractivity contribution in [3.63, 3.8) is 0 Å². The number of anilines is 2. The van der Waals surface area contributed by atoms with Crippen LogP contribution in [-0.2, 0) is 4.79 Å². The van der Waals surface area contributed by atoms with Crippen LogP contribution in [0.5, 0.6) is 0 Å². The van der Waals surface area contributed by atoms with Gasteiger partial charge in [0.15, 0.2) is 5.13 Å². The van der Waals surface area contributed by atoms with Crippen molar-refractivity contribution in [2.75, 3.05) is 29.9 Å². The number of amides is 2. The van der Waals surface area contributed by atoms with E-state index in [2.05, 4.69) is 30.7 Å². The average molecular weight is 498 g/mol. The van der Waals surface area contributed by atoms with Crippen LogP contribution in [0.25, 0.3) is 21.3 Å². The normalized spacial score (nSPS) is 15.7. The van der Waals surface area contributed by atoms with Crippen molar-refractivity contribution in [2.24, 2.45) is 10.6 Å². The quantitative estimate of drug-likeness (QED) is 0.228. The number of benzene rings is 1. The third-order valence-electron chi connectivity index (χ3n) is 6.23. The molecule has 0 bridgehead atoms. The molecule has 1 fully saturated rings. The molecule has 0 radical (unpaired) electrons. The Kier molecular flexibility index (Phi) is 6.83. The van der Waals surface area contributed by atoms with E-state index in [1.54, 1.807) is 26.2 Å². The molecule has 35 heavy (non-hydrogen) atoms. The predicted octanol–water partition coefficient (Wildman–Crippen LogP) is 3.78. The smallest absolute Gasteiger partial charge is 0.321 e. The fraction of sp³-hybridized carbons (Fsp3) is 0.391. The highest BCUT2D eigenvalue weighted by Crippen LogP contribution is 2.35. The van der Waals surface area contributed by atoms with E-state index in [9.17, 15) is 19.9 Å². The number of fused-ring (bicyclic) bond motifs is 1. The fourth-order valence-corrected chi connectivity index (χ4v) is 4.93. The number of nitrogens with one attached hydrogen (secondary N) is 2. The summed E-state index contributed by atoms with van der Waals surface area (Å²) in [6.45, 7) is 6.94. The molecular formula is C23H27N7O4S. The van der Waals surface area contributed by atoms with Gasteiger partial charge in [-0.05, 0) is 51.3 Å². The molecule has 3 heterocycles. The molecule has 0 atom stereocenters. The fourth-order valence-electron chi connectivity index (χ4n) is 3.93. The van der Waals surface area contributed by atoms with Crippen molar-refractivity contribution in [1.29, 1.82) is 0 Å². The molecule has 1 aliphatic heterocycles. The summed E-state index contributed by atoms with van der Waals surface area (Å²) in [5.41, 5.74) is 2.57. The maximum Gasteiger partial charge on any atom is 0.321 e. The van der Waals surface area contributed by atoms with Gasteiger partial charge in [-0.3, -0.25) is 10.1 Å². The Morgan fingerprint density at radius 1 is 1.20 bits per heavy atom. The Balaban J connectivity index is 1.61. The highest BCUT2D eigenvalue weighted by atomic mass is 32.1. The summed E-state index contributed by atoms with van der Waals surface area (Å²) in [7, 11) is 0. The van der Waals surface area contributed by atoms with Crippen LogP contribution >= 0.6 is 11.3 Å². The van der Waals surface area contributed by atoms with Crippen LogP contribution in [0.15, 0.2) is 29.7 Å². The Bertz CT molecular complexity index is 1280. The summed E-state index contributed by atoms with van der Waals surface area (Å²) < 4.78 is 0.781.